The molecular formula is C17H27NO. The topological polar surface area (TPSA) is 23.5 Å². The normalized spacial score (nSPS) is 25.7. The number of β-amino-alcohol motifs (C(OH)–C–C–N with tert-alkyl or cyclic N) is 1. The molecule has 1 fully saturated rings. The van der Waals surface area contributed by atoms with E-state index in [0.29, 0.717) is 12.1 Å². The first-order chi connectivity index (χ1) is 9.02. The summed E-state index contributed by atoms with van der Waals surface area (Å²) in [5.74, 6) is 0. The van der Waals surface area contributed by atoms with Crippen LogP contribution >= 0.6 is 0 Å². The number of aliphatic hydroxyl groups excluding tert-OH is 1. The quantitative estimate of drug-likeness (QED) is 0.895. The summed E-state index contributed by atoms with van der Waals surface area (Å²) in [6.45, 7) is 9.52. The second kappa shape index (κ2) is 6.06. The molecule has 1 saturated heterocycles. The Labute approximate surface area is 117 Å². The van der Waals surface area contributed by atoms with E-state index < -0.39 is 0 Å². The molecule has 0 aromatic heterocycles. The van der Waals surface area contributed by atoms with E-state index in [4.69, 9.17) is 0 Å². The van der Waals surface area contributed by atoms with Gasteiger partial charge in [0.15, 0.2) is 0 Å². The second-order valence-electron chi connectivity index (χ2n) is 6.04. The summed E-state index contributed by atoms with van der Waals surface area (Å²) < 4.78 is 0. The molecule has 0 radical (unpaired) electrons. The van der Waals surface area contributed by atoms with Crippen LogP contribution in [0.4, 0.5) is 0 Å². The van der Waals surface area contributed by atoms with E-state index >= 15 is 0 Å². The van der Waals surface area contributed by atoms with Crippen molar-refractivity contribution in [2.75, 3.05) is 6.54 Å². The number of aliphatic hydroxyl groups is 1. The van der Waals surface area contributed by atoms with E-state index in [1.807, 2.05) is 0 Å². The average molecular weight is 261 g/mol. The Morgan fingerprint density at radius 1 is 1.26 bits per heavy atom. The minimum atomic E-state index is -0.367. The third-order valence-electron chi connectivity index (χ3n) is 4.72. The number of hydrogen-bond donors (Lipinski definition) is 1. The van der Waals surface area contributed by atoms with Crippen LogP contribution in [0.5, 0.6) is 0 Å². The van der Waals surface area contributed by atoms with E-state index in [1.54, 1.807) is 0 Å². The average Bonchev–Trinajstić information content (AvgIpc) is 2.74. The largest absolute Gasteiger partial charge is 0.387 e. The molecule has 2 nitrogen and oxygen atoms in total. The van der Waals surface area contributed by atoms with Gasteiger partial charge in [0.1, 0.15) is 0 Å². The molecule has 2 heteroatoms. The third-order valence-corrected chi connectivity index (χ3v) is 4.72. The smallest absolute Gasteiger partial charge is 0.0917 e. The summed E-state index contributed by atoms with van der Waals surface area (Å²) >= 11 is 0. The van der Waals surface area contributed by atoms with Crippen molar-refractivity contribution >= 4 is 0 Å². The van der Waals surface area contributed by atoms with Gasteiger partial charge in [0.25, 0.3) is 0 Å². The molecule has 0 aliphatic carbocycles. The van der Waals surface area contributed by atoms with Gasteiger partial charge < -0.3 is 5.11 Å². The van der Waals surface area contributed by atoms with Crippen molar-refractivity contribution in [2.45, 2.75) is 65.1 Å². The van der Waals surface area contributed by atoms with Crippen LogP contribution in [0.25, 0.3) is 0 Å². The predicted molar refractivity (Wildman–Crippen MR) is 80.4 cm³/mol. The third kappa shape index (κ3) is 3.18. The predicted octanol–water partition coefficient (Wildman–Crippen LogP) is 3.60. The van der Waals surface area contributed by atoms with Crippen LogP contribution in [0.2, 0.25) is 0 Å². The van der Waals surface area contributed by atoms with E-state index in [1.165, 1.54) is 30.4 Å². The number of aryl methyl sites for hydroxylation is 2. The highest BCUT2D eigenvalue weighted by atomic mass is 16.3. The van der Waals surface area contributed by atoms with Gasteiger partial charge in [-0.3, -0.25) is 4.90 Å². The van der Waals surface area contributed by atoms with Gasteiger partial charge in [0.2, 0.25) is 0 Å². The van der Waals surface area contributed by atoms with Crippen LogP contribution in [0.1, 0.15) is 55.9 Å². The summed E-state index contributed by atoms with van der Waals surface area (Å²) in [6.07, 6.45) is 3.35. The van der Waals surface area contributed by atoms with Crippen molar-refractivity contribution < 1.29 is 5.11 Å². The Balaban J connectivity index is 2.07. The first-order valence-electron chi connectivity index (χ1n) is 7.53. The van der Waals surface area contributed by atoms with E-state index in [0.717, 1.165) is 12.1 Å². The van der Waals surface area contributed by atoms with Crippen molar-refractivity contribution in [1.29, 1.82) is 0 Å². The van der Waals surface area contributed by atoms with Crippen molar-refractivity contribution in [2.24, 2.45) is 0 Å². The highest BCUT2D eigenvalue weighted by molar-refractivity contribution is 5.31. The zero-order chi connectivity index (χ0) is 14.0. The number of hydrogen-bond acceptors (Lipinski definition) is 2. The molecular weight excluding hydrogens is 234 g/mol. The zero-order valence-corrected chi connectivity index (χ0v) is 12.7. The highest BCUT2D eigenvalue weighted by Gasteiger charge is 2.30. The van der Waals surface area contributed by atoms with Crippen LogP contribution in [0, 0.1) is 13.8 Å². The Morgan fingerprint density at radius 2 is 2.00 bits per heavy atom. The molecule has 1 N–H and O–H groups in total. The summed E-state index contributed by atoms with van der Waals surface area (Å²) in [7, 11) is 0. The van der Waals surface area contributed by atoms with Crippen molar-refractivity contribution in [1.82, 2.24) is 4.90 Å². The number of rotatable bonds is 4. The lowest BCUT2D eigenvalue weighted by molar-refractivity contribution is 0.0859. The minimum Gasteiger partial charge on any atom is -0.387 e. The Kier molecular flexibility index (Phi) is 4.64. The van der Waals surface area contributed by atoms with Crippen LogP contribution in [-0.2, 0) is 0 Å². The molecule has 19 heavy (non-hydrogen) atoms. The Morgan fingerprint density at radius 3 is 2.63 bits per heavy atom. The molecule has 2 rings (SSSR count). The van der Waals surface area contributed by atoms with Crippen LogP contribution in [0.15, 0.2) is 18.2 Å². The van der Waals surface area contributed by atoms with Gasteiger partial charge in [0, 0.05) is 18.6 Å². The molecule has 3 atom stereocenters. The molecule has 1 aromatic rings. The Bertz CT molecular complexity index is 429. The Hall–Kier alpha value is -0.860. The van der Waals surface area contributed by atoms with Gasteiger partial charge >= 0.3 is 0 Å². The molecule has 0 spiro atoms. The molecule has 106 valence electrons. The first-order valence-corrected chi connectivity index (χ1v) is 7.53. The molecule has 0 bridgehead atoms. The lowest BCUT2D eigenvalue weighted by Gasteiger charge is -2.30. The van der Waals surface area contributed by atoms with Crippen LogP contribution in [-0.4, -0.2) is 28.6 Å². The fourth-order valence-electron chi connectivity index (χ4n) is 3.17. The summed E-state index contributed by atoms with van der Waals surface area (Å²) in [6, 6.07) is 7.55. The highest BCUT2D eigenvalue weighted by Crippen LogP contribution is 2.28. The van der Waals surface area contributed by atoms with Gasteiger partial charge in [-0.15, -0.1) is 0 Å². The van der Waals surface area contributed by atoms with Gasteiger partial charge in [-0.2, -0.15) is 0 Å². The van der Waals surface area contributed by atoms with Gasteiger partial charge in [-0.25, -0.2) is 0 Å². The van der Waals surface area contributed by atoms with Gasteiger partial charge in [-0.1, -0.05) is 25.1 Å². The fourth-order valence-corrected chi connectivity index (χ4v) is 3.17. The maximum atomic E-state index is 10.5. The molecule has 1 aliphatic heterocycles. The van der Waals surface area contributed by atoms with Crippen molar-refractivity contribution in [3.8, 4) is 0 Å². The molecule has 3 unspecified atom stereocenters. The van der Waals surface area contributed by atoms with E-state index in [9.17, 15) is 5.11 Å². The number of likely N-dealkylation sites (tertiary alicyclic amines) is 1. The summed E-state index contributed by atoms with van der Waals surface area (Å²) in [4.78, 5) is 2.49. The van der Waals surface area contributed by atoms with Crippen LogP contribution < -0.4 is 0 Å². The van der Waals surface area contributed by atoms with Crippen molar-refractivity contribution in [3.05, 3.63) is 34.9 Å². The standard InChI is InChI=1S/C17H27NO/c1-5-16-9-7-14(4)18(16)11-17(19)15-8-6-12(2)13(3)10-15/h6,8,10,14,16-17,19H,5,7,9,11H2,1-4H3. The number of benzene rings is 1. The minimum absolute atomic E-state index is 0.367. The maximum Gasteiger partial charge on any atom is 0.0917 e. The first kappa shape index (κ1) is 14.5. The molecule has 0 amide bonds. The summed E-state index contributed by atoms with van der Waals surface area (Å²) in [5, 5.41) is 10.5. The van der Waals surface area contributed by atoms with Crippen molar-refractivity contribution in [3.63, 3.8) is 0 Å². The van der Waals surface area contributed by atoms with Gasteiger partial charge in [-0.05, 0) is 56.7 Å². The summed E-state index contributed by atoms with van der Waals surface area (Å²) in [5.41, 5.74) is 3.60. The second-order valence-corrected chi connectivity index (χ2v) is 6.04. The van der Waals surface area contributed by atoms with E-state index in [-0.39, 0.29) is 6.10 Å². The van der Waals surface area contributed by atoms with Gasteiger partial charge in [0.05, 0.1) is 6.10 Å². The van der Waals surface area contributed by atoms with Crippen LogP contribution in [0.3, 0.4) is 0 Å². The molecule has 1 aliphatic rings. The molecule has 0 saturated carbocycles. The maximum absolute atomic E-state index is 10.5. The van der Waals surface area contributed by atoms with E-state index in [2.05, 4.69) is 50.8 Å². The number of nitrogens with zero attached hydrogens (tertiary/aromatic N) is 1. The fraction of sp³-hybridized carbons (Fsp3) is 0.647. The lowest BCUT2D eigenvalue weighted by Crippen LogP contribution is -2.37. The zero-order valence-electron chi connectivity index (χ0n) is 12.7. The monoisotopic (exact) mass is 261 g/mol. The molecule has 1 aromatic carbocycles. The molecule has 1 heterocycles. The SMILES string of the molecule is CCC1CCC(C)N1CC(O)c1ccc(C)c(C)c1. The lowest BCUT2D eigenvalue weighted by atomic mass is 10.0.